The van der Waals surface area contributed by atoms with E-state index in [-0.39, 0.29) is 5.57 Å². The molecule has 0 radical (unpaired) electrons. The Bertz CT molecular complexity index is 1240. The van der Waals surface area contributed by atoms with Gasteiger partial charge in [0.1, 0.15) is 23.7 Å². The number of anilines is 1. The van der Waals surface area contributed by atoms with Crippen molar-refractivity contribution in [2.75, 3.05) is 12.0 Å². The molecule has 0 bridgehead atoms. The predicted molar refractivity (Wildman–Crippen MR) is 127 cm³/mol. The molecule has 7 nitrogen and oxygen atoms in total. The van der Waals surface area contributed by atoms with Gasteiger partial charge in [-0.15, -0.1) is 0 Å². The molecule has 0 atom stereocenters. The molecule has 1 fully saturated rings. The highest BCUT2D eigenvalue weighted by Crippen LogP contribution is 2.27. The first-order valence-corrected chi connectivity index (χ1v) is 10.8. The molecule has 4 rings (SSSR count). The number of carbonyl (C=O) groups is 3. The quantitative estimate of drug-likeness (QED) is 0.386. The summed E-state index contributed by atoms with van der Waals surface area (Å²) in [6.07, 6.45) is 1.41. The zero-order valence-corrected chi connectivity index (χ0v) is 19.2. The molecule has 0 aliphatic carbocycles. The van der Waals surface area contributed by atoms with Crippen molar-refractivity contribution in [1.82, 2.24) is 5.32 Å². The Morgan fingerprint density at radius 2 is 1.64 bits per heavy atom. The highest BCUT2D eigenvalue weighted by molar-refractivity contribution is 9.10. The first-order chi connectivity index (χ1) is 16.0. The minimum Gasteiger partial charge on any atom is -0.496 e. The van der Waals surface area contributed by atoms with Crippen molar-refractivity contribution < 1.29 is 23.9 Å². The summed E-state index contributed by atoms with van der Waals surface area (Å²) in [5.74, 6) is -0.409. The molecule has 1 aliphatic heterocycles. The number of barbiturate groups is 1. The second-order valence-corrected chi connectivity index (χ2v) is 8.02. The molecule has 0 unspecified atom stereocenters. The number of urea groups is 1. The van der Waals surface area contributed by atoms with Gasteiger partial charge in [0.15, 0.2) is 0 Å². The standard InChI is InChI=1S/C25H19BrN2O5/c1-32-22-5-3-2-4-17(22)14-21-23(29)27-25(31)28(24(21)30)19-10-12-20(13-11-19)33-15-16-6-8-18(26)9-7-16/h2-14H,15H2,1H3,(H,27,29,31)/b21-14+. The van der Waals surface area contributed by atoms with Crippen LogP contribution in [-0.4, -0.2) is 25.0 Å². The number of benzene rings is 3. The zero-order valence-electron chi connectivity index (χ0n) is 17.6. The van der Waals surface area contributed by atoms with E-state index >= 15 is 0 Å². The Morgan fingerprint density at radius 3 is 2.33 bits per heavy atom. The summed E-state index contributed by atoms with van der Waals surface area (Å²) in [6, 6.07) is 20.4. The van der Waals surface area contributed by atoms with E-state index in [2.05, 4.69) is 21.2 Å². The second kappa shape index (κ2) is 9.70. The van der Waals surface area contributed by atoms with Gasteiger partial charge in [0.25, 0.3) is 11.8 Å². The number of hydrogen-bond acceptors (Lipinski definition) is 5. The first-order valence-electron chi connectivity index (χ1n) is 9.98. The average molecular weight is 507 g/mol. The lowest BCUT2D eigenvalue weighted by atomic mass is 10.1. The Balaban J connectivity index is 1.54. The van der Waals surface area contributed by atoms with Gasteiger partial charge in [0.2, 0.25) is 0 Å². The summed E-state index contributed by atoms with van der Waals surface area (Å²) in [4.78, 5) is 38.8. The maximum Gasteiger partial charge on any atom is 0.335 e. The van der Waals surface area contributed by atoms with Gasteiger partial charge in [0, 0.05) is 10.0 Å². The van der Waals surface area contributed by atoms with Gasteiger partial charge in [-0.1, -0.05) is 46.3 Å². The minimum atomic E-state index is -0.814. The summed E-state index contributed by atoms with van der Waals surface area (Å²) in [5, 5.41) is 2.21. The van der Waals surface area contributed by atoms with Crippen LogP contribution in [0.3, 0.4) is 0 Å². The van der Waals surface area contributed by atoms with E-state index in [1.807, 2.05) is 24.3 Å². The lowest BCUT2D eigenvalue weighted by molar-refractivity contribution is -0.122. The Labute approximate surface area is 198 Å². The normalized spacial score (nSPS) is 14.9. The van der Waals surface area contributed by atoms with Gasteiger partial charge in [-0.25, -0.2) is 9.69 Å². The molecular weight excluding hydrogens is 488 g/mol. The number of nitrogens with zero attached hydrogens (tertiary/aromatic N) is 1. The fourth-order valence-electron chi connectivity index (χ4n) is 3.27. The maximum atomic E-state index is 13.1. The van der Waals surface area contributed by atoms with Crippen molar-refractivity contribution in [1.29, 1.82) is 0 Å². The Morgan fingerprint density at radius 1 is 0.939 bits per heavy atom. The fourth-order valence-corrected chi connectivity index (χ4v) is 3.54. The molecule has 1 N–H and O–H groups in total. The number of rotatable bonds is 6. The van der Waals surface area contributed by atoms with Gasteiger partial charge in [-0.3, -0.25) is 14.9 Å². The van der Waals surface area contributed by atoms with Crippen LogP contribution in [0.4, 0.5) is 10.5 Å². The first kappa shape index (κ1) is 22.3. The van der Waals surface area contributed by atoms with E-state index in [0.717, 1.165) is 14.9 Å². The van der Waals surface area contributed by atoms with E-state index in [1.54, 1.807) is 48.5 Å². The van der Waals surface area contributed by atoms with E-state index < -0.39 is 17.8 Å². The lowest BCUT2D eigenvalue weighted by Crippen LogP contribution is -2.54. The largest absolute Gasteiger partial charge is 0.496 e. The third-order valence-corrected chi connectivity index (χ3v) is 5.48. The number of imide groups is 2. The number of carbonyl (C=O) groups excluding carboxylic acids is 3. The van der Waals surface area contributed by atoms with Crippen molar-refractivity contribution >= 4 is 45.5 Å². The number of amides is 4. The molecular formula is C25H19BrN2O5. The van der Waals surface area contributed by atoms with Gasteiger partial charge in [-0.2, -0.15) is 0 Å². The SMILES string of the molecule is COc1ccccc1/C=C1\C(=O)NC(=O)N(c2ccc(OCc3ccc(Br)cc3)cc2)C1=O. The second-order valence-electron chi connectivity index (χ2n) is 7.11. The van der Waals surface area contributed by atoms with Crippen molar-refractivity contribution in [2.45, 2.75) is 6.61 Å². The van der Waals surface area contributed by atoms with Crippen LogP contribution in [0.25, 0.3) is 6.08 Å². The molecule has 0 aromatic heterocycles. The number of hydrogen-bond donors (Lipinski definition) is 1. The third kappa shape index (κ3) is 4.96. The number of nitrogens with one attached hydrogen (secondary N) is 1. The van der Waals surface area contributed by atoms with Crippen LogP contribution in [0.2, 0.25) is 0 Å². The minimum absolute atomic E-state index is 0.172. The molecule has 8 heteroatoms. The van der Waals surface area contributed by atoms with Gasteiger partial charge >= 0.3 is 6.03 Å². The Hall–Kier alpha value is -3.91. The smallest absolute Gasteiger partial charge is 0.335 e. The molecule has 0 saturated carbocycles. The monoisotopic (exact) mass is 506 g/mol. The molecule has 1 aliphatic rings. The molecule has 1 saturated heterocycles. The third-order valence-electron chi connectivity index (χ3n) is 4.95. The highest BCUT2D eigenvalue weighted by Gasteiger charge is 2.37. The van der Waals surface area contributed by atoms with E-state index in [1.165, 1.54) is 13.2 Å². The van der Waals surface area contributed by atoms with Crippen LogP contribution in [-0.2, 0) is 16.2 Å². The summed E-state index contributed by atoms with van der Waals surface area (Å²) < 4.78 is 12.0. The molecule has 4 amide bonds. The van der Waals surface area contributed by atoms with Crippen molar-refractivity contribution in [3.8, 4) is 11.5 Å². The zero-order chi connectivity index (χ0) is 23.4. The molecule has 0 spiro atoms. The van der Waals surface area contributed by atoms with Crippen molar-refractivity contribution in [3.63, 3.8) is 0 Å². The van der Waals surface area contributed by atoms with Gasteiger partial charge in [-0.05, 0) is 54.1 Å². The predicted octanol–water partition coefficient (Wildman–Crippen LogP) is 4.70. The van der Waals surface area contributed by atoms with Crippen LogP contribution >= 0.6 is 15.9 Å². The lowest BCUT2D eigenvalue weighted by Gasteiger charge is -2.26. The topological polar surface area (TPSA) is 84.9 Å². The van der Waals surface area contributed by atoms with E-state index in [0.29, 0.717) is 29.4 Å². The van der Waals surface area contributed by atoms with E-state index in [9.17, 15) is 14.4 Å². The average Bonchev–Trinajstić information content (AvgIpc) is 2.82. The van der Waals surface area contributed by atoms with Crippen LogP contribution in [0.15, 0.2) is 82.8 Å². The highest BCUT2D eigenvalue weighted by atomic mass is 79.9. The maximum absolute atomic E-state index is 13.1. The molecule has 33 heavy (non-hydrogen) atoms. The summed E-state index contributed by atoms with van der Waals surface area (Å²) in [5.41, 5.74) is 1.68. The number of methoxy groups -OCH3 is 1. The van der Waals surface area contributed by atoms with Crippen molar-refractivity contribution in [3.05, 3.63) is 94.0 Å². The van der Waals surface area contributed by atoms with Gasteiger partial charge < -0.3 is 9.47 Å². The van der Waals surface area contributed by atoms with Crippen LogP contribution in [0, 0.1) is 0 Å². The van der Waals surface area contributed by atoms with Crippen molar-refractivity contribution in [2.24, 2.45) is 0 Å². The fraction of sp³-hybridized carbons (Fsp3) is 0.0800. The molecule has 3 aromatic carbocycles. The molecule has 1 heterocycles. The van der Waals surface area contributed by atoms with E-state index in [4.69, 9.17) is 9.47 Å². The summed E-state index contributed by atoms with van der Waals surface area (Å²) in [6.45, 7) is 0.371. The number of halogens is 1. The van der Waals surface area contributed by atoms with Crippen LogP contribution in [0.1, 0.15) is 11.1 Å². The summed E-state index contributed by atoms with van der Waals surface area (Å²) >= 11 is 3.39. The number of ether oxygens (including phenoxy) is 2. The van der Waals surface area contributed by atoms with Crippen LogP contribution in [0.5, 0.6) is 11.5 Å². The summed E-state index contributed by atoms with van der Waals surface area (Å²) in [7, 11) is 1.50. The molecule has 166 valence electrons. The van der Waals surface area contributed by atoms with Gasteiger partial charge in [0.05, 0.1) is 12.8 Å². The Kier molecular flexibility index (Phi) is 6.55. The molecule has 3 aromatic rings. The number of para-hydroxylation sites is 1. The van der Waals surface area contributed by atoms with Crippen LogP contribution < -0.4 is 19.7 Å².